The normalized spacial score (nSPS) is 11.0. The summed E-state index contributed by atoms with van der Waals surface area (Å²) < 4.78 is 2.85. The first-order valence-corrected chi connectivity index (χ1v) is 7.52. The van der Waals surface area contributed by atoms with Crippen LogP contribution in [-0.4, -0.2) is 20.0 Å². The number of anilines is 1. The lowest BCUT2D eigenvalue weighted by Crippen LogP contribution is -1.90. The molecule has 3 rings (SSSR count). The van der Waals surface area contributed by atoms with Crippen molar-refractivity contribution in [2.75, 3.05) is 5.73 Å². The summed E-state index contributed by atoms with van der Waals surface area (Å²) in [6, 6.07) is 8.04. The van der Waals surface area contributed by atoms with Gasteiger partial charge in [-0.1, -0.05) is 35.0 Å². The maximum Gasteiger partial charge on any atom is 0.153 e. The minimum absolute atomic E-state index is 0.498. The van der Waals surface area contributed by atoms with Crippen LogP contribution in [0.3, 0.4) is 0 Å². The Balaban J connectivity index is 2.19. The molecule has 0 radical (unpaired) electrons. The smallest absolute Gasteiger partial charge is 0.153 e. The minimum Gasteiger partial charge on any atom is -0.382 e. The monoisotopic (exact) mass is 345 g/mol. The number of nitrogens with zero attached hydrogens (tertiary/aromatic N) is 3. The van der Waals surface area contributed by atoms with Crippen molar-refractivity contribution in [2.45, 2.75) is 13.3 Å². The number of nitrogens with one attached hydrogen (secondary N) is 1. The summed E-state index contributed by atoms with van der Waals surface area (Å²) >= 11 is 3.45. The number of halogens is 1. The number of nitrogen functional groups attached to an aromatic ring is 1. The number of aromatic amines is 1. The van der Waals surface area contributed by atoms with Crippen LogP contribution in [0.5, 0.6) is 0 Å². The third-order valence-corrected chi connectivity index (χ3v) is 3.97. The van der Waals surface area contributed by atoms with E-state index in [4.69, 9.17) is 5.73 Å². The van der Waals surface area contributed by atoms with Gasteiger partial charge in [0.2, 0.25) is 0 Å². The van der Waals surface area contributed by atoms with Crippen molar-refractivity contribution in [1.29, 1.82) is 0 Å². The van der Waals surface area contributed by atoms with Crippen molar-refractivity contribution in [3.05, 3.63) is 40.6 Å². The molecule has 0 bridgehead atoms. The van der Waals surface area contributed by atoms with Crippen molar-refractivity contribution >= 4 is 21.7 Å². The Labute approximate surface area is 131 Å². The highest BCUT2D eigenvalue weighted by atomic mass is 79.9. The number of H-pyrrole nitrogens is 1. The zero-order chi connectivity index (χ0) is 15.0. The lowest BCUT2D eigenvalue weighted by Gasteiger charge is -2.04. The quantitative estimate of drug-likeness (QED) is 0.764. The van der Waals surface area contributed by atoms with Gasteiger partial charge in [-0.2, -0.15) is 10.2 Å². The average Bonchev–Trinajstić information content (AvgIpc) is 3.02. The van der Waals surface area contributed by atoms with Gasteiger partial charge in [0.05, 0.1) is 17.0 Å². The highest BCUT2D eigenvalue weighted by Crippen LogP contribution is 2.36. The summed E-state index contributed by atoms with van der Waals surface area (Å²) in [5.41, 5.74) is 11.0. The zero-order valence-corrected chi connectivity index (χ0v) is 13.5. The molecule has 0 unspecified atom stereocenters. The SMILES string of the molecule is CCc1nn(C)cc1-c1[nH]nc(N)c1-c1ccc(Br)cc1. The van der Waals surface area contributed by atoms with Crippen LogP contribution in [0.2, 0.25) is 0 Å². The van der Waals surface area contributed by atoms with Gasteiger partial charge >= 0.3 is 0 Å². The molecule has 3 aromatic rings. The van der Waals surface area contributed by atoms with E-state index < -0.39 is 0 Å². The molecule has 0 spiro atoms. The van der Waals surface area contributed by atoms with Gasteiger partial charge in [-0.3, -0.25) is 9.78 Å². The largest absolute Gasteiger partial charge is 0.382 e. The molecule has 0 fully saturated rings. The van der Waals surface area contributed by atoms with E-state index in [-0.39, 0.29) is 0 Å². The molecule has 0 saturated heterocycles. The molecule has 0 amide bonds. The number of aryl methyl sites for hydroxylation is 2. The number of hydrogen-bond acceptors (Lipinski definition) is 3. The molecule has 5 nitrogen and oxygen atoms in total. The fraction of sp³-hybridized carbons (Fsp3) is 0.200. The molecule has 108 valence electrons. The van der Waals surface area contributed by atoms with Crippen molar-refractivity contribution in [2.24, 2.45) is 7.05 Å². The van der Waals surface area contributed by atoms with E-state index in [9.17, 15) is 0 Å². The summed E-state index contributed by atoms with van der Waals surface area (Å²) in [5.74, 6) is 0.498. The topological polar surface area (TPSA) is 72.5 Å². The molecule has 0 atom stereocenters. The summed E-state index contributed by atoms with van der Waals surface area (Å²) in [6.45, 7) is 2.09. The van der Waals surface area contributed by atoms with Crippen molar-refractivity contribution in [3.63, 3.8) is 0 Å². The Morgan fingerprint density at radius 1 is 1.29 bits per heavy atom. The van der Waals surface area contributed by atoms with Crippen LogP contribution in [0, 0.1) is 0 Å². The molecule has 0 aliphatic heterocycles. The van der Waals surface area contributed by atoms with E-state index in [0.717, 1.165) is 39.0 Å². The molecule has 2 heterocycles. The second kappa shape index (κ2) is 5.37. The maximum absolute atomic E-state index is 6.07. The summed E-state index contributed by atoms with van der Waals surface area (Å²) in [4.78, 5) is 0. The van der Waals surface area contributed by atoms with E-state index in [2.05, 4.69) is 38.1 Å². The molecular weight excluding hydrogens is 330 g/mol. The Hall–Kier alpha value is -2.08. The van der Waals surface area contributed by atoms with Crippen LogP contribution < -0.4 is 5.73 Å². The van der Waals surface area contributed by atoms with Gasteiger partial charge < -0.3 is 5.73 Å². The maximum atomic E-state index is 6.07. The van der Waals surface area contributed by atoms with Crippen molar-refractivity contribution < 1.29 is 0 Å². The van der Waals surface area contributed by atoms with Crippen LogP contribution in [0.15, 0.2) is 34.9 Å². The highest BCUT2D eigenvalue weighted by molar-refractivity contribution is 9.10. The molecule has 0 aliphatic rings. The van der Waals surface area contributed by atoms with Gasteiger partial charge in [0, 0.05) is 23.3 Å². The number of benzene rings is 1. The van der Waals surface area contributed by atoms with Crippen molar-refractivity contribution in [1.82, 2.24) is 20.0 Å². The van der Waals surface area contributed by atoms with Gasteiger partial charge in [0.25, 0.3) is 0 Å². The molecule has 1 aromatic carbocycles. The number of nitrogens with two attached hydrogens (primary N) is 1. The van der Waals surface area contributed by atoms with Crippen molar-refractivity contribution in [3.8, 4) is 22.4 Å². The predicted octanol–water partition coefficient (Wildman–Crippen LogP) is 3.38. The van der Waals surface area contributed by atoms with Crippen LogP contribution in [0.25, 0.3) is 22.4 Å². The zero-order valence-electron chi connectivity index (χ0n) is 11.9. The molecule has 6 heteroatoms. The van der Waals surface area contributed by atoms with E-state index in [1.807, 2.05) is 42.2 Å². The molecular formula is C15H16BrN5. The average molecular weight is 346 g/mol. The standard InChI is InChI=1S/C15H16BrN5/c1-3-12-11(8-21(2)20-12)14-13(15(17)19-18-14)9-4-6-10(16)7-5-9/h4-8H,3H2,1-2H3,(H3,17,18,19). The highest BCUT2D eigenvalue weighted by Gasteiger charge is 2.18. The fourth-order valence-corrected chi connectivity index (χ4v) is 2.73. The van der Waals surface area contributed by atoms with Gasteiger partial charge in [0.15, 0.2) is 5.82 Å². The molecule has 0 aliphatic carbocycles. The summed E-state index contributed by atoms with van der Waals surface area (Å²) in [6.07, 6.45) is 2.85. The number of aromatic nitrogens is 4. The van der Waals surface area contributed by atoms with Gasteiger partial charge in [-0.05, 0) is 24.1 Å². The lowest BCUT2D eigenvalue weighted by atomic mass is 10.0. The van der Waals surface area contributed by atoms with Crippen LogP contribution in [0.1, 0.15) is 12.6 Å². The number of hydrogen-bond donors (Lipinski definition) is 2. The molecule has 3 N–H and O–H groups in total. The number of rotatable bonds is 3. The van der Waals surface area contributed by atoms with E-state index in [1.54, 1.807) is 0 Å². The third-order valence-electron chi connectivity index (χ3n) is 3.44. The van der Waals surface area contributed by atoms with Crippen LogP contribution in [0.4, 0.5) is 5.82 Å². The first kappa shape index (κ1) is 13.9. The first-order chi connectivity index (χ1) is 10.1. The van der Waals surface area contributed by atoms with Gasteiger partial charge in [0.1, 0.15) is 0 Å². The van der Waals surface area contributed by atoms with Crippen LogP contribution in [-0.2, 0) is 13.5 Å². The van der Waals surface area contributed by atoms with Gasteiger partial charge in [-0.25, -0.2) is 0 Å². The second-order valence-corrected chi connectivity index (χ2v) is 5.80. The fourth-order valence-electron chi connectivity index (χ4n) is 2.46. The Morgan fingerprint density at radius 2 is 2.00 bits per heavy atom. The Morgan fingerprint density at radius 3 is 2.67 bits per heavy atom. The van der Waals surface area contributed by atoms with E-state index in [1.165, 1.54) is 0 Å². The molecule has 21 heavy (non-hydrogen) atoms. The minimum atomic E-state index is 0.498. The Bertz CT molecular complexity index is 770. The second-order valence-electron chi connectivity index (χ2n) is 4.88. The molecule has 0 saturated carbocycles. The Kier molecular flexibility index (Phi) is 3.55. The first-order valence-electron chi connectivity index (χ1n) is 6.72. The van der Waals surface area contributed by atoms with Crippen LogP contribution >= 0.6 is 15.9 Å². The summed E-state index contributed by atoms with van der Waals surface area (Å²) in [5, 5.41) is 11.7. The van der Waals surface area contributed by atoms with E-state index in [0.29, 0.717) is 5.82 Å². The molecule has 2 aromatic heterocycles. The third kappa shape index (κ3) is 2.47. The lowest BCUT2D eigenvalue weighted by molar-refractivity contribution is 0.746. The van der Waals surface area contributed by atoms with E-state index >= 15 is 0 Å². The van der Waals surface area contributed by atoms with Gasteiger partial charge in [-0.15, -0.1) is 0 Å². The predicted molar refractivity (Wildman–Crippen MR) is 87.7 cm³/mol. The summed E-state index contributed by atoms with van der Waals surface area (Å²) in [7, 11) is 1.92.